The van der Waals surface area contributed by atoms with E-state index in [0.717, 1.165) is 13.1 Å². The van der Waals surface area contributed by atoms with Crippen LogP contribution in [0, 0.1) is 12.3 Å². The molecule has 120 valence electrons. The number of aryl methyl sites for hydroxylation is 1. The van der Waals surface area contributed by atoms with Crippen LogP contribution in [0.2, 0.25) is 0 Å². The van der Waals surface area contributed by atoms with Gasteiger partial charge in [0.15, 0.2) is 0 Å². The average Bonchev–Trinajstić information content (AvgIpc) is 3.12. The van der Waals surface area contributed by atoms with E-state index in [-0.39, 0.29) is 17.5 Å². The molecule has 1 aromatic heterocycles. The summed E-state index contributed by atoms with van der Waals surface area (Å²) in [5.74, 6) is 1.12. The summed E-state index contributed by atoms with van der Waals surface area (Å²) >= 11 is 0. The number of hydrogen-bond donors (Lipinski definition) is 1. The number of hydrogen-bond acceptors (Lipinski definition) is 3. The Balaban J connectivity index is 1.52. The number of nitrogens with one attached hydrogen (secondary N) is 1. The second-order valence-electron chi connectivity index (χ2n) is 6.77. The second kappa shape index (κ2) is 5.41. The number of amides is 2. The van der Waals surface area contributed by atoms with Crippen LogP contribution in [0.25, 0.3) is 0 Å². The molecule has 4 rings (SSSR count). The molecule has 1 aliphatic heterocycles. The van der Waals surface area contributed by atoms with Crippen LogP contribution in [0.15, 0.2) is 40.9 Å². The molecule has 0 radical (unpaired) electrons. The molecule has 5 nitrogen and oxygen atoms in total. The summed E-state index contributed by atoms with van der Waals surface area (Å²) in [6.45, 7) is 3.39. The molecule has 2 aromatic rings. The molecule has 1 aliphatic carbocycles. The molecule has 5 heteroatoms. The lowest BCUT2D eigenvalue weighted by Gasteiger charge is -2.42. The highest BCUT2D eigenvalue weighted by molar-refractivity contribution is 5.87. The van der Waals surface area contributed by atoms with E-state index >= 15 is 0 Å². The van der Waals surface area contributed by atoms with Gasteiger partial charge in [0.25, 0.3) is 0 Å². The lowest BCUT2D eigenvalue weighted by atomic mass is 9.61. The summed E-state index contributed by atoms with van der Waals surface area (Å²) in [5.41, 5.74) is 1.60. The molecule has 0 unspecified atom stereocenters. The molecule has 2 heterocycles. The third-order valence-corrected chi connectivity index (χ3v) is 5.32. The zero-order valence-electron chi connectivity index (χ0n) is 13.3. The van der Waals surface area contributed by atoms with E-state index < -0.39 is 0 Å². The van der Waals surface area contributed by atoms with Gasteiger partial charge in [0.2, 0.25) is 0 Å². The minimum absolute atomic E-state index is 0.114. The number of rotatable bonds is 2. The first-order chi connectivity index (χ1) is 11.2. The molecule has 23 heavy (non-hydrogen) atoms. The number of urea groups is 1. The Bertz CT molecular complexity index is 706. The van der Waals surface area contributed by atoms with Crippen LogP contribution in [0.3, 0.4) is 0 Å². The summed E-state index contributed by atoms with van der Waals surface area (Å²) in [5, 5.41) is 2.77. The van der Waals surface area contributed by atoms with Crippen LogP contribution < -0.4 is 5.32 Å². The Morgan fingerprint density at radius 3 is 2.74 bits per heavy atom. The Morgan fingerprint density at radius 2 is 2.13 bits per heavy atom. The first kappa shape index (κ1) is 14.3. The van der Waals surface area contributed by atoms with Crippen molar-refractivity contribution in [3.05, 3.63) is 47.9 Å². The number of carbonyl (C=O) groups excluding carboxylic acids is 1. The monoisotopic (exact) mass is 311 g/mol. The molecule has 2 aliphatic rings. The Morgan fingerprint density at radius 1 is 1.35 bits per heavy atom. The van der Waals surface area contributed by atoms with Crippen molar-refractivity contribution < 1.29 is 9.21 Å². The van der Waals surface area contributed by atoms with E-state index in [0.29, 0.717) is 11.7 Å². The highest BCUT2D eigenvalue weighted by atomic mass is 16.4. The SMILES string of the molecule is Cc1cnc(NC(=O)N2C[C@@H](c3ccccc3)C3(CCC3)C2)o1. The maximum Gasteiger partial charge on any atom is 0.325 e. The highest BCUT2D eigenvalue weighted by Gasteiger charge is 2.51. The molecular weight excluding hydrogens is 290 g/mol. The maximum absolute atomic E-state index is 12.5. The minimum atomic E-state index is -0.114. The molecule has 0 bridgehead atoms. The number of carbonyl (C=O) groups is 1. The topological polar surface area (TPSA) is 58.4 Å². The largest absolute Gasteiger partial charge is 0.429 e. The Kier molecular flexibility index (Phi) is 3.36. The summed E-state index contributed by atoms with van der Waals surface area (Å²) < 4.78 is 5.35. The average molecular weight is 311 g/mol. The van der Waals surface area contributed by atoms with Gasteiger partial charge in [0, 0.05) is 19.0 Å². The molecule has 1 N–H and O–H groups in total. The van der Waals surface area contributed by atoms with E-state index in [1.807, 2.05) is 17.9 Å². The zero-order chi connectivity index (χ0) is 15.9. The molecule has 1 saturated heterocycles. The number of benzene rings is 1. The molecule has 1 saturated carbocycles. The fourth-order valence-corrected chi connectivity index (χ4v) is 3.99. The fourth-order valence-electron chi connectivity index (χ4n) is 3.99. The lowest BCUT2D eigenvalue weighted by molar-refractivity contribution is 0.125. The quantitative estimate of drug-likeness (QED) is 0.918. The number of likely N-dealkylation sites (tertiary alicyclic amines) is 1. The summed E-state index contributed by atoms with van der Waals surface area (Å²) in [6, 6.07) is 10.7. The fraction of sp³-hybridized carbons (Fsp3) is 0.444. The van der Waals surface area contributed by atoms with Gasteiger partial charge in [0.05, 0.1) is 6.20 Å². The third kappa shape index (κ3) is 2.50. The van der Waals surface area contributed by atoms with Gasteiger partial charge in [-0.3, -0.25) is 5.32 Å². The Hall–Kier alpha value is -2.30. The third-order valence-electron chi connectivity index (χ3n) is 5.32. The van der Waals surface area contributed by atoms with Crippen LogP contribution in [0.4, 0.5) is 10.8 Å². The first-order valence-electron chi connectivity index (χ1n) is 8.20. The van der Waals surface area contributed by atoms with Crippen molar-refractivity contribution in [2.24, 2.45) is 5.41 Å². The summed E-state index contributed by atoms with van der Waals surface area (Å²) in [7, 11) is 0. The van der Waals surface area contributed by atoms with Crippen molar-refractivity contribution >= 4 is 12.0 Å². The van der Waals surface area contributed by atoms with Crippen molar-refractivity contribution in [1.82, 2.24) is 9.88 Å². The molecule has 1 spiro atoms. The smallest absolute Gasteiger partial charge is 0.325 e. The Labute approximate surface area is 135 Å². The minimum Gasteiger partial charge on any atom is -0.429 e. The summed E-state index contributed by atoms with van der Waals surface area (Å²) in [4.78, 5) is 18.5. The van der Waals surface area contributed by atoms with Crippen molar-refractivity contribution in [2.75, 3.05) is 18.4 Å². The van der Waals surface area contributed by atoms with Crippen molar-refractivity contribution in [3.8, 4) is 0 Å². The standard InChI is InChI=1S/C18H21N3O2/c1-13-10-19-16(23-13)20-17(22)21-11-15(14-6-3-2-4-7-14)18(12-21)8-5-9-18/h2-4,6-7,10,15H,5,8-9,11-12H2,1H3,(H,19,20,22)/t15-/m0/s1. The van der Waals surface area contributed by atoms with Crippen molar-refractivity contribution in [3.63, 3.8) is 0 Å². The lowest BCUT2D eigenvalue weighted by Crippen LogP contribution is -2.39. The maximum atomic E-state index is 12.5. The van der Waals surface area contributed by atoms with E-state index in [9.17, 15) is 4.79 Å². The highest BCUT2D eigenvalue weighted by Crippen LogP contribution is 2.55. The normalized spacial score (nSPS) is 22.1. The van der Waals surface area contributed by atoms with Crippen LogP contribution >= 0.6 is 0 Å². The second-order valence-corrected chi connectivity index (χ2v) is 6.77. The van der Waals surface area contributed by atoms with Gasteiger partial charge in [-0.2, -0.15) is 0 Å². The van der Waals surface area contributed by atoms with Crippen LogP contribution in [-0.4, -0.2) is 29.0 Å². The van der Waals surface area contributed by atoms with E-state index in [1.165, 1.54) is 24.8 Å². The van der Waals surface area contributed by atoms with Gasteiger partial charge in [0.1, 0.15) is 5.76 Å². The van der Waals surface area contributed by atoms with Crippen LogP contribution in [0.5, 0.6) is 0 Å². The number of aromatic nitrogens is 1. The number of anilines is 1. The predicted octanol–water partition coefficient (Wildman–Crippen LogP) is 3.78. The molecule has 1 atom stereocenters. The van der Waals surface area contributed by atoms with Gasteiger partial charge in [-0.1, -0.05) is 36.8 Å². The van der Waals surface area contributed by atoms with E-state index in [1.54, 1.807) is 6.20 Å². The first-order valence-corrected chi connectivity index (χ1v) is 8.20. The van der Waals surface area contributed by atoms with Gasteiger partial charge in [-0.05, 0) is 30.7 Å². The molecule has 1 aromatic carbocycles. The zero-order valence-corrected chi connectivity index (χ0v) is 13.3. The van der Waals surface area contributed by atoms with Gasteiger partial charge >= 0.3 is 12.0 Å². The van der Waals surface area contributed by atoms with Crippen molar-refractivity contribution in [1.29, 1.82) is 0 Å². The van der Waals surface area contributed by atoms with Gasteiger partial charge in [-0.25, -0.2) is 9.78 Å². The number of nitrogens with zero attached hydrogens (tertiary/aromatic N) is 2. The van der Waals surface area contributed by atoms with Crippen molar-refractivity contribution in [2.45, 2.75) is 32.1 Å². The molecule has 2 amide bonds. The molecular formula is C18H21N3O2. The number of oxazole rings is 1. The predicted molar refractivity (Wildman–Crippen MR) is 87.3 cm³/mol. The van der Waals surface area contributed by atoms with Crippen LogP contribution in [-0.2, 0) is 0 Å². The van der Waals surface area contributed by atoms with Gasteiger partial charge < -0.3 is 9.32 Å². The van der Waals surface area contributed by atoms with E-state index in [2.05, 4.69) is 34.6 Å². The van der Waals surface area contributed by atoms with Gasteiger partial charge in [-0.15, -0.1) is 0 Å². The van der Waals surface area contributed by atoms with Crippen LogP contribution in [0.1, 0.15) is 36.5 Å². The summed E-state index contributed by atoms with van der Waals surface area (Å²) in [6.07, 6.45) is 5.28. The molecule has 2 fully saturated rings. The van der Waals surface area contributed by atoms with E-state index in [4.69, 9.17) is 4.42 Å².